The van der Waals surface area contributed by atoms with E-state index in [4.69, 9.17) is 16.6 Å². The molecule has 1 atom stereocenters. The monoisotopic (exact) mass is 392 g/mol. The molecule has 0 aliphatic carbocycles. The quantitative estimate of drug-likeness (QED) is 0.350. The third-order valence-electron chi connectivity index (χ3n) is 3.22. The maximum Gasteiger partial charge on any atom is 0.251 e. The summed E-state index contributed by atoms with van der Waals surface area (Å²) in [5.41, 5.74) is 6.23. The summed E-state index contributed by atoms with van der Waals surface area (Å²) in [6.45, 7) is 2.28. The Morgan fingerprint density at radius 3 is 2.92 bits per heavy atom. The van der Waals surface area contributed by atoms with Gasteiger partial charge in [-0.3, -0.25) is 15.6 Å². The Morgan fingerprint density at radius 1 is 1.32 bits per heavy atom. The summed E-state index contributed by atoms with van der Waals surface area (Å²) < 4.78 is 7.17. The Labute approximate surface area is 158 Å². The number of thiocarbonyl (C=S) groups is 1. The summed E-state index contributed by atoms with van der Waals surface area (Å²) >= 11 is 8.10. The van der Waals surface area contributed by atoms with Crippen molar-refractivity contribution in [2.75, 3.05) is 0 Å². The van der Waals surface area contributed by atoms with Gasteiger partial charge < -0.3 is 9.73 Å². The van der Waals surface area contributed by atoms with E-state index in [1.807, 2.05) is 37.3 Å². The molecular weight excluding hydrogens is 376 g/mol. The first-order chi connectivity index (χ1) is 12.1. The molecule has 2 heterocycles. The van der Waals surface area contributed by atoms with E-state index in [0.717, 1.165) is 20.3 Å². The van der Waals surface area contributed by atoms with Gasteiger partial charge in [-0.1, -0.05) is 23.9 Å². The van der Waals surface area contributed by atoms with E-state index in [2.05, 4.69) is 21.2 Å². The van der Waals surface area contributed by atoms with Gasteiger partial charge in [0.2, 0.25) is 0 Å². The van der Waals surface area contributed by atoms with Gasteiger partial charge in [0.1, 0.15) is 5.76 Å². The zero-order chi connectivity index (χ0) is 17.6. The standard InChI is InChI=1S/C16H16N4O2S3/c1-10(24-16-18-12-6-2-3-7-13(12)25-16)14(21)19-20-15(23)17-9-11-5-4-8-22-11/h2-8,10H,9H2,1H3,(H,19,21)(H2,17,20,23)/t10-/m1/s1. The molecule has 3 aromatic rings. The smallest absolute Gasteiger partial charge is 0.251 e. The predicted molar refractivity (Wildman–Crippen MR) is 104 cm³/mol. The number of nitrogens with zero attached hydrogens (tertiary/aromatic N) is 1. The molecule has 0 aliphatic heterocycles. The summed E-state index contributed by atoms with van der Waals surface area (Å²) in [6, 6.07) is 11.6. The second-order valence-corrected chi connectivity index (χ2v) is 8.11. The van der Waals surface area contributed by atoms with Crippen molar-refractivity contribution < 1.29 is 9.21 Å². The van der Waals surface area contributed by atoms with Gasteiger partial charge >= 0.3 is 0 Å². The van der Waals surface area contributed by atoms with E-state index >= 15 is 0 Å². The van der Waals surface area contributed by atoms with Crippen LogP contribution in [0, 0.1) is 0 Å². The second kappa shape index (κ2) is 8.32. The largest absolute Gasteiger partial charge is 0.467 e. The Bertz CT molecular complexity index is 830. The molecule has 0 saturated heterocycles. The number of para-hydroxylation sites is 1. The number of thioether (sulfide) groups is 1. The average Bonchev–Trinajstić information content (AvgIpc) is 3.26. The summed E-state index contributed by atoms with van der Waals surface area (Å²) in [6.07, 6.45) is 1.59. The number of aromatic nitrogens is 1. The summed E-state index contributed by atoms with van der Waals surface area (Å²) in [7, 11) is 0. The normalized spacial score (nSPS) is 11.9. The van der Waals surface area contributed by atoms with E-state index in [9.17, 15) is 4.79 Å². The molecule has 0 spiro atoms. The van der Waals surface area contributed by atoms with E-state index in [1.165, 1.54) is 11.8 Å². The third-order valence-corrected chi connectivity index (χ3v) is 5.70. The highest BCUT2D eigenvalue weighted by atomic mass is 32.2. The molecule has 25 heavy (non-hydrogen) atoms. The number of nitrogens with one attached hydrogen (secondary N) is 3. The molecule has 2 aromatic heterocycles. The minimum Gasteiger partial charge on any atom is -0.467 e. The van der Waals surface area contributed by atoms with Gasteiger partial charge in [-0.25, -0.2) is 4.98 Å². The van der Waals surface area contributed by atoms with Crippen LogP contribution in [0.2, 0.25) is 0 Å². The van der Waals surface area contributed by atoms with Crippen LogP contribution < -0.4 is 16.2 Å². The van der Waals surface area contributed by atoms with Crippen molar-refractivity contribution in [3.05, 3.63) is 48.4 Å². The Hall–Kier alpha value is -2.10. The number of hydrazine groups is 1. The molecule has 0 bridgehead atoms. The zero-order valence-corrected chi connectivity index (χ0v) is 15.8. The van der Waals surface area contributed by atoms with Crippen LogP contribution in [0.4, 0.5) is 0 Å². The number of furan rings is 1. The highest BCUT2D eigenvalue weighted by molar-refractivity contribution is 8.02. The average molecular weight is 393 g/mol. The van der Waals surface area contributed by atoms with Crippen molar-refractivity contribution in [1.29, 1.82) is 0 Å². The zero-order valence-electron chi connectivity index (χ0n) is 13.3. The lowest BCUT2D eigenvalue weighted by molar-refractivity contribution is -0.120. The van der Waals surface area contributed by atoms with Gasteiger partial charge in [0.25, 0.3) is 5.91 Å². The SMILES string of the molecule is C[C@@H](Sc1nc2ccccc2s1)C(=O)NNC(=S)NCc1ccco1. The van der Waals surface area contributed by atoms with Crippen LogP contribution >= 0.6 is 35.3 Å². The van der Waals surface area contributed by atoms with Crippen molar-refractivity contribution >= 4 is 56.6 Å². The molecule has 1 aromatic carbocycles. The molecular formula is C16H16N4O2S3. The van der Waals surface area contributed by atoms with Crippen LogP contribution in [0.25, 0.3) is 10.2 Å². The number of carbonyl (C=O) groups is 1. The van der Waals surface area contributed by atoms with Gasteiger partial charge in [-0.2, -0.15) is 0 Å². The molecule has 0 saturated carbocycles. The van der Waals surface area contributed by atoms with E-state index < -0.39 is 0 Å². The first-order valence-corrected chi connectivity index (χ1v) is 9.60. The van der Waals surface area contributed by atoms with Gasteiger partial charge in [0, 0.05) is 0 Å². The number of hydrogen-bond acceptors (Lipinski definition) is 6. The topological polar surface area (TPSA) is 79.2 Å². The molecule has 0 fully saturated rings. The Kier molecular flexibility index (Phi) is 5.90. The molecule has 1 amide bonds. The van der Waals surface area contributed by atoms with Gasteiger partial charge in [0.05, 0.1) is 28.3 Å². The van der Waals surface area contributed by atoms with Crippen LogP contribution in [0.1, 0.15) is 12.7 Å². The first kappa shape index (κ1) is 17.7. The minimum atomic E-state index is -0.305. The van der Waals surface area contributed by atoms with Crippen molar-refractivity contribution in [3.8, 4) is 0 Å². The fraction of sp³-hybridized carbons (Fsp3) is 0.188. The van der Waals surface area contributed by atoms with Crippen LogP contribution in [0.15, 0.2) is 51.4 Å². The maximum atomic E-state index is 12.2. The van der Waals surface area contributed by atoms with Crippen molar-refractivity contribution in [2.45, 2.75) is 23.1 Å². The fourth-order valence-corrected chi connectivity index (χ4v) is 4.29. The Balaban J connectivity index is 1.44. The molecule has 0 radical (unpaired) electrons. The molecule has 9 heteroatoms. The number of rotatable bonds is 5. The van der Waals surface area contributed by atoms with Crippen LogP contribution in [-0.2, 0) is 11.3 Å². The van der Waals surface area contributed by atoms with Crippen molar-refractivity contribution in [3.63, 3.8) is 0 Å². The van der Waals surface area contributed by atoms with Gasteiger partial charge in [-0.05, 0) is 43.4 Å². The van der Waals surface area contributed by atoms with Gasteiger partial charge in [0.15, 0.2) is 9.45 Å². The van der Waals surface area contributed by atoms with Crippen LogP contribution in [0.5, 0.6) is 0 Å². The number of fused-ring (bicyclic) bond motifs is 1. The predicted octanol–water partition coefficient (Wildman–Crippen LogP) is 3.07. The fourth-order valence-electron chi connectivity index (χ4n) is 1.95. The molecule has 6 nitrogen and oxygen atoms in total. The van der Waals surface area contributed by atoms with Crippen molar-refractivity contribution in [1.82, 2.24) is 21.2 Å². The lowest BCUT2D eigenvalue weighted by atomic mass is 10.3. The maximum absolute atomic E-state index is 12.2. The van der Waals surface area contributed by atoms with E-state index in [-0.39, 0.29) is 11.2 Å². The molecule has 0 unspecified atom stereocenters. The molecule has 0 aliphatic rings. The third kappa shape index (κ3) is 4.94. The molecule has 3 rings (SSSR count). The number of thiazole rings is 1. The van der Waals surface area contributed by atoms with E-state index in [1.54, 1.807) is 23.7 Å². The summed E-state index contributed by atoms with van der Waals surface area (Å²) in [5, 5.41) is 2.96. The van der Waals surface area contributed by atoms with Crippen LogP contribution in [0.3, 0.4) is 0 Å². The number of carbonyl (C=O) groups excluding carboxylic acids is 1. The van der Waals surface area contributed by atoms with Gasteiger partial charge in [-0.15, -0.1) is 11.3 Å². The lowest BCUT2D eigenvalue weighted by Crippen LogP contribution is -2.48. The Morgan fingerprint density at radius 2 is 2.16 bits per heavy atom. The lowest BCUT2D eigenvalue weighted by Gasteiger charge is -2.13. The molecule has 130 valence electrons. The summed E-state index contributed by atoms with van der Waals surface area (Å²) in [4.78, 5) is 16.7. The highest BCUT2D eigenvalue weighted by Crippen LogP contribution is 2.31. The van der Waals surface area contributed by atoms with Crippen LogP contribution in [-0.4, -0.2) is 21.3 Å². The molecule has 3 N–H and O–H groups in total. The minimum absolute atomic E-state index is 0.175. The van der Waals surface area contributed by atoms with Crippen molar-refractivity contribution in [2.24, 2.45) is 0 Å². The first-order valence-electron chi connectivity index (χ1n) is 7.50. The number of amides is 1. The summed E-state index contributed by atoms with van der Waals surface area (Å²) in [5.74, 6) is 0.585. The number of hydrogen-bond donors (Lipinski definition) is 3. The second-order valence-electron chi connectivity index (χ2n) is 5.08. The van der Waals surface area contributed by atoms with E-state index in [0.29, 0.717) is 11.7 Å². The number of benzene rings is 1. The highest BCUT2D eigenvalue weighted by Gasteiger charge is 2.17.